The summed E-state index contributed by atoms with van der Waals surface area (Å²) in [5.74, 6) is 0. The molecule has 176 valence electrons. The van der Waals surface area contributed by atoms with Crippen molar-refractivity contribution in [2.24, 2.45) is 6.99 Å². The summed E-state index contributed by atoms with van der Waals surface area (Å²) in [4.78, 5) is 0. The molecule has 0 saturated carbocycles. The van der Waals surface area contributed by atoms with Crippen LogP contribution in [0.15, 0.2) is 6.99 Å². The first-order chi connectivity index (χ1) is 13.5. The Morgan fingerprint density at radius 3 is 0.931 bits per heavy atom. The summed E-state index contributed by atoms with van der Waals surface area (Å²) < 4.78 is 17.1. The fraction of sp³-hybridized carbons (Fsp3) is 1.00. The van der Waals surface area contributed by atoms with Crippen molar-refractivity contribution in [3.05, 3.63) is 0 Å². The minimum atomic E-state index is -3.55. The van der Waals surface area contributed by atoms with Crippen LogP contribution in [0.1, 0.15) is 121 Å². The molecule has 0 amide bonds. The Hall–Kier alpha value is 0.208. The quantitative estimate of drug-likeness (QED) is 0.210. The minimum absolute atomic E-state index is 0.0581. The van der Waals surface area contributed by atoms with Crippen LogP contribution in [0, 0.1) is 0 Å². The van der Waals surface area contributed by atoms with Gasteiger partial charge in [0.25, 0.3) is 0 Å². The van der Waals surface area contributed by atoms with E-state index in [0.717, 1.165) is 26.2 Å². The van der Waals surface area contributed by atoms with Crippen molar-refractivity contribution >= 4 is 0 Å². The van der Waals surface area contributed by atoms with Gasteiger partial charge in [0.2, 0.25) is 0 Å². The van der Waals surface area contributed by atoms with Crippen LogP contribution in [-0.2, 0) is 16.2 Å². The van der Waals surface area contributed by atoms with Crippen LogP contribution in [0.3, 0.4) is 0 Å². The van der Waals surface area contributed by atoms with Crippen molar-refractivity contribution < 1.29 is 16.2 Å². The molecule has 0 N–H and O–H groups in total. The zero-order valence-corrected chi connectivity index (χ0v) is 24.6. The van der Waals surface area contributed by atoms with Crippen LogP contribution in [0.2, 0.25) is 0 Å². The third-order valence-electron chi connectivity index (χ3n) is 4.53. The Balaban J connectivity index is 6.86. The van der Waals surface area contributed by atoms with E-state index in [4.69, 9.17) is 6.99 Å². The van der Waals surface area contributed by atoms with Crippen molar-refractivity contribution in [3.8, 4) is 0 Å². The SMILES string of the molecule is CCCC[N](CCCC)[W](=[N]C(C)(C)C)(=[N]C(C)(C)C)[N](CCCC)CCCC. The molecular weight excluding hydrogens is 528 g/mol. The molecule has 0 aromatic heterocycles. The van der Waals surface area contributed by atoms with E-state index in [1.54, 1.807) is 0 Å². The molecule has 0 bridgehead atoms. The monoisotopic (exact) mass is 582 g/mol. The van der Waals surface area contributed by atoms with Gasteiger partial charge in [0.1, 0.15) is 0 Å². The molecule has 0 saturated heterocycles. The van der Waals surface area contributed by atoms with E-state index >= 15 is 0 Å². The molecule has 0 fully saturated rings. The van der Waals surface area contributed by atoms with Gasteiger partial charge >= 0.3 is 188 Å². The molecule has 0 aromatic rings. The second-order valence-corrected chi connectivity index (χ2v) is 18.8. The van der Waals surface area contributed by atoms with E-state index < -0.39 is 16.2 Å². The molecule has 0 aliphatic rings. The van der Waals surface area contributed by atoms with Crippen molar-refractivity contribution in [2.75, 3.05) is 26.2 Å². The van der Waals surface area contributed by atoms with Crippen LogP contribution >= 0.6 is 0 Å². The fourth-order valence-corrected chi connectivity index (χ4v) is 16.8. The second kappa shape index (κ2) is 14.3. The first-order valence-electron chi connectivity index (χ1n) is 12.3. The molecule has 0 heterocycles. The Morgan fingerprint density at radius 2 is 0.759 bits per heavy atom. The molecule has 5 heteroatoms. The molecule has 0 spiro atoms. The molecule has 0 rings (SSSR count). The number of unbranched alkanes of at least 4 members (excludes halogenated alkanes) is 4. The third kappa shape index (κ3) is 12.0. The van der Waals surface area contributed by atoms with Gasteiger partial charge in [0.05, 0.1) is 0 Å². The molecule has 0 aliphatic heterocycles. The molecule has 0 radical (unpaired) electrons. The van der Waals surface area contributed by atoms with E-state index in [0.29, 0.717) is 0 Å². The Bertz CT molecular complexity index is 466. The van der Waals surface area contributed by atoms with Crippen molar-refractivity contribution in [1.82, 2.24) is 6.92 Å². The third-order valence-corrected chi connectivity index (χ3v) is 17.8. The van der Waals surface area contributed by atoms with E-state index in [1.165, 1.54) is 51.4 Å². The molecule has 0 aromatic carbocycles. The number of hydrogen-bond donors (Lipinski definition) is 0. The van der Waals surface area contributed by atoms with E-state index in [2.05, 4.69) is 76.2 Å². The maximum absolute atomic E-state index is 5.73. The van der Waals surface area contributed by atoms with Crippen LogP contribution in [0.4, 0.5) is 0 Å². The fourth-order valence-electron chi connectivity index (χ4n) is 3.20. The Morgan fingerprint density at radius 1 is 0.517 bits per heavy atom. The number of rotatable bonds is 14. The van der Waals surface area contributed by atoms with E-state index in [9.17, 15) is 0 Å². The van der Waals surface area contributed by atoms with E-state index in [-0.39, 0.29) is 11.1 Å². The van der Waals surface area contributed by atoms with Gasteiger partial charge in [-0.1, -0.05) is 0 Å². The maximum atomic E-state index is 5.73. The summed E-state index contributed by atoms with van der Waals surface area (Å²) in [5, 5.41) is 0. The Labute approximate surface area is 187 Å². The van der Waals surface area contributed by atoms with Crippen LogP contribution in [0.25, 0.3) is 0 Å². The van der Waals surface area contributed by atoms with Gasteiger partial charge in [-0.2, -0.15) is 0 Å². The predicted molar refractivity (Wildman–Crippen MR) is 127 cm³/mol. The summed E-state index contributed by atoms with van der Waals surface area (Å²) in [7, 11) is 0. The predicted octanol–water partition coefficient (Wildman–Crippen LogP) is 7.74. The van der Waals surface area contributed by atoms with Gasteiger partial charge in [-0.15, -0.1) is 0 Å². The van der Waals surface area contributed by atoms with Gasteiger partial charge in [0.15, 0.2) is 0 Å². The van der Waals surface area contributed by atoms with Gasteiger partial charge < -0.3 is 0 Å². The molecule has 0 unspecified atom stereocenters. The summed E-state index contributed by atoms with van der Waals surface area (Å²) in [5.41, 5.74) is -0.116. The molecule has 29 heavy (non-hydrogen) atoms. The van der Waals surface area contributed by atoms with Crippen LogP contribution < -0.4 is 0 Å². The average molecular weight is 583 g/mol. The summed E-state index contributed by atoms with van der Waals surface area (Å²) in [6.45, 7) is 27.5. The van der Waals surface area contributed by atoms with E-state index in [1.807, 2.05) is 0 Å². The summed E-state index contributed by atoms with van der Waals surface area (Å²) in [6.07, 6.45) is 9.93. The molecule has 0 aliphatic carbocycles. The van der Waals surface area contributed by atoms with Gasteiger partial charge in [-0.05, 0) is 0 Å². The van der Waals surface area contributed by atoms with Gasteiger partial charge in [0, 0.05) is 0 Å². The van der Waals surface area contributed by atoms with Crippen molar-refractivity contribution in [3.63, 3.8) is 0 Å². The zero-order valence-electron chi connectivity index (χ0n) is 21.7. The number of nitrogens with zero attached hydrogens (tertiary/aromatic N) is 4. The van der Waals surface area contributed by atoms with Crippen molar-refractivity contribution in [2.45, 2.75) is 132 Å². The molecule has 4 nitrogen and oxygen atoms in total. The van der Waals surface area contributed by atoms with Crippen molar-refractivity contribution in [1.29, 1.82) is 0 Å². The van der Waals surface area contributed by atoms with Crippen LogP contribution in [-0.4, -0.2) is 44.2 Å². The Kier molecular flexibility index (Phi) is 14.4. The summed E-state index contributed by atoms with van der Waals surface area (Å²) >= 11 is -3.55. The average Bonchev–Trinajstić information content (AvgIpc) is 2.58. The topological polar surface area (TPSA) is 31.2 Å². The second-order valence-electron chi connectivity index (χ2n) is 10.3. The van der Waals surface area contributed by atoms with Gasteiger partial charge in [-0.25, -0.2) is 0 Å². The number of hydrogen-bond acceptors (Lipinski definition) is 2. The standard InChI is InChI=1S/2C8H18N.2C4H9N.W/c2*1-3-5-7-9-8-6-4-2;2*1-4(2,3)5;/h2*3-8H2,1-2H3;2*1-3H3;/q2*-1;;;+2. The van der Waals surface area contributed by atoms with Gasteiger partial charge in [-0.3, -0.25) is 0 Å². The zero-order chi connectivity index (χ0) is 22.6. The first kappa shape index (κ1) is 29.2. The normalized spacial score (nSPS) is 13.4. The summed E-state index contributed by atoms with van der Waals surface area (Å²) in [6, 6.07) is 0. The molecule has 0 atom stereocenters. The first-order valence-corrected chi connectivity index (χ1v) is 17.5. The van der Waals surface area contributed by atoms with Crippen LogP contribution in [0.5, 0.6) is 0 Å². The molecular formula is C24H54N4W.